The van der Waals surface area contributed by atoms with Gasteiger partial charge in [0.25, 0.3) is 5.91 Å². The Labute approximate surface area is 187 Å². The van der Waals surface area contributed by atoms with Gasteiger partial charge in [-0.3, -0.25) is 4.79 Å². The van der Waals surface area contributed by atoms with E-state index in [1.54, 1.807) is 12.1 Å². The van der Waals surface area contributed by atoms with Crippen molar-refractivity contribution in [3.8, 4) is 11.5 Å². The Kier molecular flexibility index (Phi) is 7.14. The summed E-state index contributed by atoms with van der Waals surface area (Å²) in [7, 11) is 0. The molecule has 1 fully saturated rings. The Bertz CT molecular complexity index is 1040. The van der Waals surface area contributed by atoms with Gasteiger partial charge >= 0.3 is 0 Å². The molecule has 3 aromatic rings. The van der Waals surface area contributed by atoms with Crippen LogP contribution in [0, 0.1) is 6.92 Å². The number of carbonyl (C=O) groups is 1. The van der Waals surface area contributed by atoms with E-state index in [0.29, 0.717) is 49.2 Å². The number of aryl methyl sites for hydroxylation is 1. The minimum atomic E-state index is -0.189. The molecule has 1 aliphatic rings. The van der Waals surface area contributed by atoms with Crippen molar-refractivity contribution >= 4 is 17.5 Å². The van der Waals surface area contributed by atoms with Crippen molar-refractivity contribution < 1.29 is 14.3 Å². The summed E-state index contributed by atoms with van der Waals surface area (Å²) in [5.74, 6) is 3.34. The van der Waals surface area contributed by atoms with Crippen LogP contribution in [0.1, 0.15) is 16.2 Å². The molecule has 2 aromatic carbocycles. The quantitative estimate of drug-likeness (QED) is 0.527. The number of rotatable bonds is 8. The second kappa shape index (κ2) is 10.6. The lowest BCUT2D eigenvalue weighted by atomic mass is 10.2. The zero-order valence-electron chi connectivity index (χ0n) is 18.1. The number of nitrogens with one attached hydrogen (secondary N) is 2. The highest BCUT2D eigenvalue weighted by molar-refractivity contribution is 5.97. The van der Waals surface area contributed by atoms with Gasteiger partial charge in [0.2, 0.25) is 0 Å². The maximum Gasteiger partial charge on any atom is 0.255 e. The molecule has 8 nitrogen and oxygen atoms in total. The third-order valence-corrected chi connectivity index (χ3v) is 4.98. The molecular formula is C24H27N5O3. The van der Waals surface area contributed by atoms with Gasteiger partial charge in [0.1, 0.15) is 29.0 Å². The van der Waals surface area contributed by atoms with Crippen LogP contribution in [0.3, 0.4) is 0 Å². The van der Waals surface area contributed by atoms with E-state index >= 15 is 0 Å². The van der Waals surface area contributed by atoms with E-state index in [4.69, 9.17) is 9.47 Å². The van der Waals surface area contributed by atoms with E-state index in [1.165, 1.54) is 0 Å². The molecule has 1 saturated heterocycles. The van der Waals surface area contributed by atoms with Gasteiger partial charge in [-0.15, -0.1) is 0 Å². The van der Waals surface area contributed by atoms with Crippen molar-refractivity contribution in [2.45, 2.75) is 6.92 Å². The summed E-state index contributed by atoms with van der Waals surface area (Å²) in [4.78, 5) is 23.9. The second-order valence-corrected chi connectivity index (χ2v) is 7.35. The molecule has 1 amide bonds. The number of ether oxygens (including phenoxy) is 2. The van der Waals surface area contributed by atoms with Crippen LogP contribution >= 0.6 is 0 Å². The van der Waals surface area contributed by atoms with Gasteiger partial charge < -0.3 is 25.0 Å². The molecule has 1 aromatic heterocycles. The number of morpholine rings is 1. The third kappa shape index (κ3) is 5.73. The van der Waals surface area contributed by atoms with Crippen LogP contribution in [-0.2, 0) is 4.74 Å². The SMILES string of the molecule is Cc1nc(NCCNC(=O)c2ccccc2Oc2ccccc2)cc(N2CCOCC2)n1. The summed E-state index contributed by atoms with van der Waals surface area (Å²) < 4.78 is 11.3. The van der Waals surface area contributed by atoms with Crippen molar-refractivity contribution in [1.82, 2.24) is 15.3 Å². The molecule has 0 saturated carbocycles. The van der Waals surface area contributed by atoms with Crippen molar-refractivity contribution in [1.29, 1.82) is 0 Å². The fraction of sp³-hybridized carbons (Fsp3) is 0.292. The van der Waals surface area contributed by atoms with Gasteiger partial charge in [0.15, 0.2) is 0 Å². The van der Waals surface area contributed by atoms with E-state index in [9.17, 15) is 4.79 Å². The van der Waals surface area contributed by atoms with E-state index in [0.717, 1.165) is 24.7 Å². The average molecular weight is 434 g/mol. The monoisotopic (exact) mass is 433 g/mol. The molecule has 0 aliphatic carbocycles. The minimum Gasteiger partial charge on any atom is -0.457 e. The zero-order valence-corrected chi connectivity index (χ0v) is 18.1. The standard InChI is InChI=1S/C24H27N5O3/c1-18-27-22(17-23(28-18)29-13-15-31-16-14-29)25-11-12-26-24(30)20-9-5-6-10-21(20)32-19-7-3-2-4-8-19/h2-10,17H,11-16H2,1H3,(H,26,30)(H,25,27,28). The first-order chi connectivity index (χ1) is 15.7. The van der Waals surface area contributed by atoms with Crippen LogP contribution in [-0.4, -0.2) is 55.3 Å². The van der Waals surface area contributed by atoms with Crippen molar-refractivity contribution in [3.05, 3.63) is 72.1 Å². The van der Waals surface area contributed by atoms with Gasteiger partial charge in [-0.2, -0.15) is 0 Å². The smallest absolute Gasteiger partial charge is 0.255 e. The van der Waals surface area contributed by atoms with E-state index in [2.05, 4.69) is 25.5 Å². The molecule has 4 rings (SSSR count). The summed E-state index contributed by atoms with van der Waals surface area (Å²) in [6.45, 7) is 5.88. The van der Waals surface area contributed by atoms with Crippen LogP contribution in [0.5, 0.6) is 11.5 Å². The Morgan fingerprint density at radius 2 is 1.78 bits per heavy atom. The minimum absolute atomic E-state index is 0.189. The van der Waals surface area contributed by atoms with E-state index in [-0.39, 0.29) is 5.91 Å². The maximum absolute atomic E-state index is 12.7. The Balaban J connectivity index is 1.32. The fourth-order valence-corrected chi connectivity index (χ4v) is 3.42. The number of anilines is 2. The molecule has 0 spiro atoms. The van der Waals surface area contributed by atoms with Crippen LogP contribution in [0.2, 0.25) is 0 Å². The Hall–Kier alpha value is -3.65. The normalized spacial score (nSPS) is 13.5. The van der Waals surface area contributed by atoms with Crippen LogP contribution in [0.15, 0.2) is 60.7 Å². The van der Waals surface area contributed by atoms with Crippen LogP contribution in [0.4, 0.5) is 11.6 Å². The van der Waals surface area contributed by atoms with Crippen LogP contribution < -0.4 is 20.3 Å². The van der Waals surface area contributed by atoms with Gasteiger partial charge in [-0.05, 0) is 31.2 Å². The molecule has 8 heteroatoms. The highest BCUT2D eigenvalue weighted by atomic mass is 16.5. The molecule has 0 unspecified atom stereocenters. The molecule has 0 atom stereocenters. The lowest BCUT2D eigenvalue weighted by Crippen LogP contribution is -2.37. The molecule has 0 radical (unpaired) electrons. The number of carbonyl (C=O) groups excluding carboxylic acids is 1. The van der Waals surface area contributed by atoms with E-state index < -0.39 is 0 Å². The van der Waals surface area contributed by atoms with Gasteiger partial charge in [-0.1, -0.05) is 30.3 Å². The van der Waals surface area contributed by atoms with Crippen molar-refractivity contribution in [3.63, 3.8) is 0 Å². The molecule has 166 valence electrons. The molecule has 2 heterocycles. The zero-order chi connectivity index (χ0) is 22.2. The summed E-state index contributed by atoms with van der Waals surface area (Å²) in [5, 5.41) is 6.21. The van der Waals surface area contributed by atoms with Gasteiger partial charge in [0, 0.05) is 32.2 Å². The first-order valence-corrected chi connectivity index (χ1v) is 10.7. The molecular weight excluding hydrogens is 406 g/mol. The predicted molar refractivity (Wildman–Crippen MR) is 124 cm³/mol. The molecule has 1 aliphatic heterocycles. The predicted octanol–water partition coefficient (Wildman–Crippen LogP) is 3.26. The number of aromatic nitrogens is 2. The summed E-state index contributed by atoms with van der Waals surface area (Å²) in [6, 6.07) is 18.6. The van der Waals surface area contributed by atoms with E-state index in [1.807, 2.05) is 55.5 Å². The Morgan fingerprint density at radius 3 is 2.59 bits per heavy atom. The fourth-order valence-electron chi connectivity index (χ4n) is 3.42. The molecule has 2 N–H and O–H groups in total. The summed E-state index contributed by atoms with van der Waals surface area (Å²) in [5.41, 5.74) is 0.490. The Morgan fingerprint density at radius 1 is 1.03 bits per heavy atom. The number of hydrogen-bond acceptors (Lipinski definition) is 7. The number of nitrogens with zero attached hydrogens (tertiary/aromatic N) is 3. The first-order valence-electron chi connectivity index (χ1n) is 10.7. The first kappa shape index (κ1) is 21.6. The lowest BCUT2D eigenvalue weighted by Gasteiger charge is -2.28. The number of benzene rings is 2. The lowest BCUT2D eigenvalue weighted by molar-refractivity contribution is 0.0953. The summed E-state index contributed by atoms with van der Waals surface area (Å²) >= 11 is 0. The third-order valence-electron chi connectivity index (χ3n) is 4.98. The maximum atomic E-state index is 12.7. The van der Waals surface area contributed by atoms with Gasteiger partial charge in [-0.25, -0.2) is 9.97 Å². The van der Waals surface area contributed by atoms with Crippen molar-refractivity contribution in [2.75, 3.05) is 49.6 Å². The largest absolute Gasteiger partial charge is 0.457 e. The number of amides is 1. The number of hydrogen-bond donors (Lipinski definition) is 2. The number of para-hydroxylation sites is 2. The summed E-state index contributed by atoms with van der Waals surface area (Å²) in [6.07, 6.45) is 0. The highest BCUT2D eigenvalue weighted by Crippen LogP contribution is 2.25. The van der Waals surface area contributed by atoms with Gasteiger partial charge in [0.05, 0.1) is 18.8 Å². The topological polar surface area (TPSA) is 88.6 Å². The van der Waals surface area contributed by atoms with Crippen molar-refractivity contribution in [2.24, 2.45) is 0 Å². The molecule has 32 heavy (non-hydrogen) atoms. The molecule has 0 bridgehead atoms. The highest BCUT2D eigenvalue weighted by Gasteiger charge is 2.15. The average Bonchev–Trinajstić information content (AvgIpc) is 2.83. The second-order valence-electron chi connectivity index (χ2n) is 7.35. The van der Waals surface area contributed by atoms with Crippen LogP contribution in [0.25, 0.3) is 0 Å².